The summed E-state index contributed by atoms with van der Waals surface area (Å²) < 4.78 is 61.4. The normalized spacial score (nSPS) is 12.0. The average molecular weight is 455 g/mol. The summed E-state index contributed by atoms with van der Waals surface area (Å²) >= 11 is 3.25. The lowest BCUT2D eigenvalue weighted by Gasteiger charge is -2.13. The molecule has 0 heterocycles. The lowest BCUT2D eigenvalue weighted by Crippen LogP contribution is -2.29. The number of benzene rings is 2. The van der Waals surface area contributed by atoms with Crippen molar-refractivity contribution in [2.24, 2.45) is 0 Å². The van der Waals surface area contributed by atoms with Crippen molar-refractivity contribution >= 4 is 42.4 Å². The Kier molecular flexibility index (Phi) is 8.36. The van der Waals surface area contributed by atoms with Crippen LogP contribution in [0.4, 0.5) is 18.9 Å². The van der Waals surface area contributed by atoms with Gasteiger partial charge in [-0.1, -0.05) is 61.0 Å². The molecule has 0 bridgehead atoms. The lowest BCUT2D eigenvalue weighted by atomic mass is 10.1. The van der Waals surface area contributed by atoms with E-state index in [0.29, 0.717) is 15.2 Å². The SMILES string of the molecule is CCN(CC)CC.O=S(=O)(Nc1ccc(Br)c2ccccc12)C(F)(F)F. The fraction of sp³-hybridized carbons (Fsp3) is 0.412. The summed E-state index contributed by atoms with van der Waals surface area (Å²) in [6.45, 7) is 10.1. The summed E-state index contributed by atoms with van der Waals surface area (Å²) in [6.07, 6.45) is 0. The van der Waals surface area contributed by atoms with Crippen LogP contribution < -0.4 is 4.72 Å². The second-order valence-electron chi connectivity index (χ2n) is 5.31. The third-order valence-corrected chi connectivity index (χ3v) is 5.55. The minimum atomic E-state index is -5.42. The van der Waals surface area contributed by atoms with Crippen molar-refractivity contribution in [2.45, 2.75) is 26.3 Å². The van der Waals surface area contributed by atoms with Gasteiger partial charge in [0.1, 0.15) is 0 Å². The van der Waals surface area contributed by atoms with Gasteiger partial charge in [0, 0.05) is 9.86 Å². The number of fused-ring (bicyclic) bond motifs is 1. The van der Waals surface area contributed by atoms with Crippen molar-refractivity contribution in [1.82, 2.24) is 4.90 Å². The summed E-state index contributed by atoms with van der Waals surface area (Å²) in [6, 6.07) is 9.28. The number of rotatable bonds is 5. The van der Waals surface area contributed by atoms with Crippen LogP contribution in [0.1, 0.15) is 20.8 Å². The van der Waals surface area contributed by atoms with Gasteiger partial charge in [-0.25, -0.2) is 0 Å². The molecule has 0 spiro atoms. The van der Waals surface area contributed by atoms with Crippen LogP contribution in [-0.2, 0) is 10.0 Å². The van der Waals surface area contributed by atoms with Gasteiger partial charge >= 0.3 is 15.5 Å². The van der Waals surface area contributed by atoms with Crippen molar-refractivity contribution in [2.75, 3.05) is 24.4 Å². The van der Waals surface area contributed by atoms with Crippen molar-refractivity contribution in [3.8, 4) is 0 Å². The van der Waals surface area contributed by atoms with Gasteiger partial charge in [0.15, 0.2) is 0 Å². The van der Waals surface area contributed by atoms with Crippen LogP contribution >= 0.6 is 15.9 Å². The van der Waals surface area contributed by atoms with Crippen LogP contribution in [0.3, 0.4) is 0 Å². The maximum absolute atomic E-state index is 12.3. The Balaban J connectivity index is 0.000000412. The molecular weight excluding hydrogens is 433 g/mol. The molecule has 0 saturated carbocycles. The molecule has 0 amide bonds. The molecule has 2 rings (SSSR count). The Labute approximate surface area is 160 Å². The smallest absolute Gasteiger partial charge is 0.304 e. The second-order valence-corrected chi connectivity index (χ2v) is 7.84. The second kappa shape index (κ2) is 9.57. The first-order valence-electron chi connectivity index (χ1n) is 8.06. The van der Waals surface area contributed by atoms with E-state index in [4.69, 9.17) is 0 Å². The molecule has 9 heteroatoms. The van der Waals surface area contributed by atoms with Crippen LogP contribution in [0.15, 0.2) is 40.9 Å². The highest BCUT2D eigenvalue weighted by molar-refractivity contribution is 9.10. The quantitative estimate of drug-likeness (QED) is 0.674. The maximum Gasteiger partial charge on any atom is 0.516 e. The standard InChI is InChI=1S/C11H7BrF3NO2S.C6H15N/c12-9-5-6-10(8-4-2-1-3-7(8)9)16-19(17,18)11(13,14)15;1-4-7(5-2)6-3/h1-6,16H;4-6H2,1-3H3. The lowest BCUT2D eigenvalue weighted by molar-refractivity contribution is -0.0429. The minimum Gasteiger partial charge on any atom is -0.304 e. The fourth-order valence-electron chi connectivity index (χ4n) is 2.22. The first kappa shape index (κ1) is 22.7. The van der Waals surface area contributed by atoms with E-state index >= 15 is 0 Å². The zero-order valence-corrected chi connectivity index (χ0v) is 17.2. The van der Waals surface area contributed by atoms with Gasteiger partial charge in [-0.15, -0.1) is 0 Å². The number of nitrogens with one attached hydrogen (secondary N) is 1. The Morgan fingerprint density at radius 3 is 1.88 bits per heavy atom. The third-order valence-electron chi connectivity index (χ3n) is 3.76. The van der Waals surface area contributed by atoms with E-state index < -0.39 is 15.5 Å². The number of nitrogens with zero attached hydrogens (tertiary/aromatic N) is 1. The van der Waals surface area contributed by atoms with Crippen LogP contribution in [0.5, 0.6) is 0 Å². The van der Waals surface area contributed by atoms with E-state index in [9.17, 15) is 21.6 Å². The van der Waals surface area contributed by atoms with Crippen molar-refractivity contribution < 1.29 is 21.6 Å². The van der Waals surface area contributed by atoms with Crippen LogP contribution in [0.2, 0.25) is 0 Å². The highest BCUT2D eigenvalue weighted by Gasteiger charge is 2.46. The number of hydrogen-bond acceptors (Lipinski definition) is 3. The number of halogens is 4. The van der Waals surface area contributed by atoms with Crippen LogP contribution in [0.25, 0.3) is 10.8 Å². The van der Waals surface area contributed by atoms with E-state index in [1.807, 2.05) is 0 Å². The number of sulfonamides is 1. The van der Waals surface area contributed by atoms with Crippen LogP contribution in [-0.4, -0.2) is 38.5 Å². The summed E-state index contributed by atoms with van der Waals surface area (Å²) in [4.78, 5) is 2.38. The maximum atomic E-state index is 12.3. The molecule has 2 aromatic rings. The molecule has 0 aliphatic carbocycles. The third kappa shape index (κ3) is 5.85. The van der Waals surface area contributed by atoms with E-state index in [1.54, 1.807) is 22.9 Å². The minimum absolute atomic E-state index is 0.115. The molecule has 0 aromatic heterocycles. The average Bonchev–Trinajstić information content (AvgIpc) is 2.59. The van der Waals surface area contributed by atoms with Gasteiger partial charge in [-0.2, -0.15) is 21.6 Å². The zero-order chi connectivity index (χ0) is 20.0. The van der Waals surface area contributed by atoms with E-state index in [2.05, 4.69) is 41.6 Å². The summed E-state index contributed by atoms with van der Waals surface area (Å²) in [5, 5.41) is 0.995. The molecule has 0 radical (unpaired) electrons. The number of anilines is 1. The number of alkyl halides is 3. The summed E-state index contributed by atoms with van der Waals surface area (Å²) in [5.74, 6) is 0. The Hall–Kier alpha value is -1.32. The predicted octanol–water partition coefficient (Wildman–Crippen LogP) is 5.21. The Bertz CT molecular complexity index is 817. The Morgan fingerprint density at radius 1 is 0.962 bits per heavy atom. The van der Waals surface area contributed by atoms with Crippen molar-refractivity contribution in [1.29, 1.82) is 0 Å². The molecule has 0 unspecified atom stereocenters. The zero-order valence-electron chi connectivity index (χ0n) is 14.8. The molecular formula is C17H22BrF3N2O2S. The molecule has 26 heavy (non-hydrogen) atoms. The monoisotopic (exact) mass is 454 g/mol. The van der Waals surface area contributed by atoms with E-state index in [1.165, 1.54) is 37.8 Å². The van der Waals surface area contributed by atoms with Crippen LogP contribution in [0, 0.1) is 0 Å². The highest BCUT2D eigenvalue weighted by atomic mass is 79.9. The predicted molar refractivity (Wildman–Crippen MR) is 104 cm³/mol. The topological polar surface area (TPSA) is 49.4 Å². The number of hydrogen-bond donors (Lipinski definition) is 1. The van der Waals surface area contributed by atoms with Gasteiger partial charge in [0.05, 0.1) is 5.69 Å². The van der Waals surface area contributed by atoms with Gasteiger partial charge in [0.25, 0.3) is 0 Å². The van der Waals surface area contributed by atoms with Gasteiger partial charge < -0.3 is 4.90 Å². The molecule has 0 atom stereocenters. The summed E-state index contributed by atoms with van der Waals surface area (Å²) in [7, 11) is -5.42. The molecule has 0 fully saturated rings. The molecule has 0 aliphatic heterocycles. The van der Waals surface area contributed by atoms with E-state index in [-0.39, 0.29) is 5.69 Å². The molecule has 1 N–H and O–H groups in total. The first-order valence-corrected chi connectivity index (χ1v) is 10.3. The van der Waals surface area contributed by atoms with Crippen molar-refractivity contribution in [3.63, 3.8) is 0 Å². The molecule has 0 saturated heterocycles. The van der Waals surface area contributed by atoms with Gasteiger partial charge in [-0.3, -0.25) is 4.72 Å². The summed E-state index contributed by atoms with van der Waals surface area (Å²) in [5.41, 5.74) is -5.46. The van der Waals surface area contributed by atoms with Crippen molar-refractivity contribution in [3.05, 3.63) is 40.9 Å². The molecule has 0 aliphatic rings. The molecule has 146 valence electrons. The van der Waals surface area contributed by atoms with Gasteiger partial charge in [-0.05, 0) is 37.2 Å². The highest BCUT2D eigenvalue weighted by Crippen LogP contribution is 2.33. The first-order chi connectivity index (χ1) is 12.1. The largest absolute Gasteiger partial charge is 0.516 e. The molecule has 2 aromatic carbocycles. The van der Waals surface area contributed by atoms with E-state index in [0.717, 1.165) is 0 Å². The fourth-order valence-corrected chi connectivity index (χ4v) is 3.29. The van der Waals surface area contributed by atoms with Gasteiger partial charge in [0.2, 0.25) is 0 Å². The molecule has 4 nitrogen and oxygen atoms in total. The Morgan fingerprint density at radius 2 is 1.46 bits per heavy atom.